The Labute approximate surface area is 188 Å². The molecular weight excluding hydrogens is 437 g/mol. The molecule has 7 heteroatoms. The molecule has 0 spiro atoms. The largest absolute Gasteiger partial charge is 0.488 e. The van der Waals surface area contributed by atoms with Crippen molar-refractivity contribution in [2.75, 3.05) is 0 Å². The van der Waals surface area contributed by atoms with Gasteiger partial charge in [0.05, 0.1) is 11.4 Å². The Bertz CT molecular complexity index is 1180. The van der Waals surface area contributed by atoms with E-state index < -0.39 is 17.0 Å². The minimum Gasteiger partial charge on any atom is -0.488 e. The maximum Gasteiger partial charge on any atom is 0.293 e. The number of hydrogen-bond donors (Lipinski definition) is 0. The van der Waals surface area contributed by atoms with Crippen molar-refractivity contribution in [3.63, 3.8) is 0 Å². The summed E-state index contributed by atoms with van der Waals surface area (Å²) in [6.45, 7) is 0.151. The first-order chi connectivity index (χ1) is 15.0. The average Bonchev–Trinajstić information content (AvgIpc) is 3.03. The first-order valence-corrected chi connectivity index (χ1v) is 10.7. The second-order valence-electron chi connectivity index (χ2n) is 6.78. The number of imide groups is 1. The van der Waals surface area contributed by atoms with E-state index in [4.69, 9.17) is 16.3 Å². The molecule has 0 aromatic heterocycles. The number of nitrogens with zero attached hydrogens (tertiary/aromatic N) is 1. The Balaban J connectivity index is 1.54. The highest BCUT2D eigenvalue weighted by Crippen LogP contribution is 2.35. The van der Waals surface area contributed by atoms with Crippen LogP contribution in [0.2, 0.25) is 5.02 Å². The summed E-state index contributed by atoms with van der Waals surface area (Å²) in [5, 5.41) is 0.170. The second-order valence-corrected chi connectivity index (χ2v) is 8.18. The van der Waals surface area contributed by atoms with Crippen molar-refractivity contribution < 1.29 is 18.7 Å². The van der Waals surface area contributed by atoms with Crippen LogP contribution in [0.5, 0.6) is 5.75 Å². The number of hydrogen-bond acceptors (Lipinski definition) is 4. The third-order valence-corrected chi connectivity index (χ3v) is 5.98. The zero-order valence-corrected chi connectivity index (χ0v) is 17.8. The number of carbonyl (C=O) groups excluding carboxylic acids is 2. The Morgan fingerprint density at radius 1 is 0.935 bits per heavy atom. The Morgan fingerprint density at radius 2 is 1.61 bits per heavy atom. The van der Waals surface area contributed by atoms with Gasteiger partial charge < -0.3 is 4.74 Å². The van der Waals surface area contributed by atoms with Crippen LogP contribution >= 0.6 is 23.4 Å². The zero-order valence-electron chi connectivity index (χ0n) is 16.3. The Hall–Kier alpha value is -3.09. The van der Waals surface area contributed by atoms with Gasteiger partial charge in [0.1, 0.15) is 18.2 Å². The molecule has 0 aliphatic carbocycles. The molecule has 0 radical (unpaired) electrons. The van der Waals surface area contributed by atoms with E-state index in [-0.39, 0.29) is 23.6 Å². The molecule has 4 rings (SSSR count). The zero-order chi connectivity index (χ0) is 21.8. The topological polar surface area (TPSA) is 46.6 Å². The van der Waals surface area contributed by atoms with Crippen molar-refractivity contribution >= 4 is 40.6 Å². The van der Waals surface area contributed by atoms with Gasteiger partial charge in [-0.3, -0.25) is 14.5 Å². The van der Waals surface area contributed by atoms with Gasteiger partial charge in [-0.1, -0.05) is 66.2 Å². The molecule has 1 aliphatic rings. The summed E-state index contributed by atoms with van der Waals surface area (Å²) in [5.74, 6) is -0.355. The third kappa shape index (κ3) is 4.81. The molecule has 2 amide bonds. The number of carbonyl (C=O) groups is 2. The molecule has 1 saturated heterocycles. The van der Waals surface area contributed by atoms with Crippen LogP contribution < -0.4 is 4.74 Å². The number of para-hydroxylation sites is 1. The van der Waals surface area contributed by atoms with Crippen LogP contribution in [0.1, 0.15) is 16.7 Å². The smallest absolute Gasteiger partial charge is 0.293 e. The van der Waals surface area contributed by atoms with Crippen molar-refractivity contribution in [3.8, 4) is 5.75 Å². The Morgan fingerprint density at radius 3 is 2.39 bits per heavy atom. The molecule has 0 N–H and O–H groups in total. The summed E-state index contributed by atoms with van der Waals surface area (Å²) in [6, 6.07) is 20.7. The maximum atomic E-state index is 14.0. The number of amides is 2. The van der Waals surface area contributed by atoms with Crippen LogP contribution in [0, 0.1) is 5.82 Å². The van der Waals surface area contributed by atoms with Crippen molar-refractivity contribution in [1.29, 1.82) is 0 Å². The molecular formula is C24H17ClFNO3S. The molecule has 0 bridgehead atoms. The summed E-state index contributed by atoms with van der Waals surface area (Å²) in [7, 11) is 0. The number of thioether (sulfide) groups is 1. The number of ether oxygens (including phenoxy) is 1. The van der Waals surface area contributed by atoms with Gasteiger partial charge in [0, 0.05) is 21.7 Å². The van der Waals surface area contributed by atoms with Crippen LogP contribution in [0.15, 0.2) is 77.7 Å². The fourth-order valence-electron chi connectivity index (χ4n) is 3.08. The maximum absolute atomic E-state index is 14.0. The van der Waals surface area contributed by atoms with Crippen LogP contribution in [0.3, 0.4) is 0 Å². The molecule has 1 fully saturated rings. The van der Waals surface area contributed by atoms with Gasteiger partial charge in [-0.2, -0.15) is 0 Å². The number of halogens is 2. The SMILES string of the molecule is O=C1S/C(=C\c2ccccc2OCc2ccccc2Cl)C(=O)N1Cc1ccccc1F. The molecule has 4 nitrogen and oxygen atoms in total. The van der Waals surface area contributed by atoms with Gasteiger partial charge in [-0.05, 0) is 36.0 Å². The highest BCUT2D eigenvalue weighted by molar-refractivity contribution is 8.18. The lowest BCUT2D eigenvalue weighted by Crippen LogP contribution is -2.27. The van der Waals surface area contributed by atoms with Gasteiger partial charge in [-0.15, -0.1) is 0 Å². The summed E-state index contributed by atoms with van der Waals surface area (Å²) < 4.78 is 19.9. The van der Waals surface area contributed by atoms with Crippen molar-refractivity contribution in [3.05, 3.63) is 105 Å². The minimum atomic E-state index is -0.459. The van der Waals surface area contributed by atoms with Crippen LogP contribution in [0.4, 0.5) is 9.18 Å². The summed E-state index contributed by atoms with van der Waals surface area (Å²) in [6.07, 6.45) is 1.62. The molecule has 0 saturated carbocycles. The highest BCUT2D eigenvalue weighted by atomic mass is 35.5. The standard InChI is InChI=1S/C24H17ClFNO3S/c25-19-10-4-1-9-18(19)15-30-21-12-6-3-7-16(21)13-22-23(28)27(24(29)31-22)14-17-8-2-5-11-20(17)26/h1-13H,14-15H2/b22-13-. The molecule has 1 aliphatic heterocycles. The molecule has 1 heterocycles. The molecule has 3 aromatic rings. The monoisotopic (exact) mass is 453 g/mol. The lowest BCUT2D eigenvalue weighted by atomic mass is 10.1. The molecule has 3 aromatic carbocycles. The van der Waals surface area contributed by atoms with Crippen LogP contribution in [0.25, 0.3) is 6.08 Å². The van der Waals surface area contributed by atoms with E-state index in [2.05, 4.69) is 0 Å². The third-order valence-electron chi connectivity index (χ3n) is 4.71. The average molecular weight is 454 g/mol. The van der Waals surface area contributed by atoms with E-state index in [9.17, 15) is 14.0 Å². The fraction of sp³-hybridized carbons (Fsp3) is 0.0833. The van der Waals surface area contributed by atoms with Crippen molar-refractivity contribution in [2.24, 2.45) is 0 Å². The first kappa shape index (κ1) is 21.2. The van der Waals surface area contributed by atoms with Gasteiger partial charge in [0.25, 0.3) is 11.1 Å². The normalized spacial score (nSPS) is 15.0. The lowest BCUT2D eigenvalue weighted by molar-refractivity contribution is -0.123. The fourth-order valence-corrected chi connectivity index (χ4v) is 4.10. The summed E-state index contributed by atoms with van der Waals surface area (Å²) >= 11 is 7.01. The predicted octanol–water partition coefficient (Wildman–Crippen LogP) is 6.29. The van der Waals surface area contributed by atoms with Gasteiger partial charge >= 0.3 is 0 Å². The van der Waals surface area contributed by atoms with Crippen molar-refractivity contribution in [1.82, 2.24) is 4.90 Å². The van der Waals surface area contributed by atoms with E-state index in [1.54, 1.807) is 42.5 Å². The predicted molar refractivity (Wildman–Crippen MR) is 120 cm³/mol. The molecule has 0 atom stereocenters. The van der Waals surface area contributed by atoms with Gasteiger partial charge in [-0.25, -0.2) is 4.39 Å². The second kappa shape index (κ2) is 9.37. The van der Waals surface area contributed by atoms with E-state index in [1.165, 1.54) is 6.07 Å². The van der Waals surface area contributed by atoms with Gasteiger partial charge in [0.15, 0.2) is 0 Å². The minimum absolute atomic E-state index is 0.112. The van der Waals surface area contributed by atoms with E-state index >= 15 is 0 Å². The first-order valence-electron chi connectivity index (χ1n) is 9.47. The molecule has 31 heavy (non-hydrogen) atoms. The Kier molecular flexibility index (Phi) is 6.39. The highest BCUT2D eigenvalue weighted by Gasteiger charge is 2.35. The van der Waals surface area contributed by atoms with Gasteiger partial charge in [0.2, 0.25) is 0 Å². The number of rotatable bonds is 6. The van der Waals surface area contributed by atoms with Crippen LogP contribution in [-0.4, -0.2) is 16.0 Å². The van der Waals surface area contributed by atoms with E-state index in [0.29, 0.717) is 16.3 Å². The lowest BCUT2D eigenvalue weighted by Gasteiger charge is -2.13. The van der Waals surface area contributed by atoms with E-state index in [0.717, 1.165) is 22.2 Å². The van der Waals surface area contributed by atoms with E-state index in [1.807, 2.05) is 30.3 Å². The van der Waals surface area contributed by atoms with Crippen molar-refractivity contribution in [2.45, 2.75) is 13.2 Å². The molecule has 156 valence electrons. The molecule has 0 unspecified atom stereocenters. The quantitative estimate of drug-likeness (QED) is 0.411. The number of benzene rings is 3. The summed E-state index contributed by atoms with van der Waals surface area (Å²) in [5.41, 5.74) is 1.78. The van der Waals surface area contributed by atoms with Crippen LogP contribution in [-0.2, 0) is 17.9 Å². The summed E-state index contributed by atoms with van der Waals surface area (Å²) in [4.78, 5) is 26.5.